The van der Waals surface area contributed by atoms with Crippen LogP contribution in [0.2, 0.25) is 0 Å². The molecule has 1 saturated heterocycles. The van der Waals surface area contributed by atoms with Crippen LogP contribution in [0.4, 0.5) is 0 Å². The van der Waals surface area contributed by atoms with E-state index < -0.39 is 64.5 Å². The van der Waals surface area contributed by atoms with Crippen molar-refractivity contribution in [3.8, 4) is 0 Å². The summed E-state index contributed by atoms with van der Waals surface area (Å²) in [6.45, 7) is 3.46. The third-order valence-electron chi connectivity index (χ3n) is 6.34. The summed E-state index contributed by atoms with van der Waals surface area (Å²) in [5.41, 5.74) is -1.97. The number of methoxy groups -OCH3 is 3. The molecule has 0 spiro atoms. The van der Waals surface area contributed by atoms with Crippen LogP contribution < -0.4 is 0 Å². The first kappa shape index (κ1) is 17.7. The van der Waals surface area contributed by atoms with Crippen LogP contribution in [0.15, 0.2) is 0 Å². The molecule has 4 bridgehead atoms. The topological polar surface area (TPSA) is 105 Å². The molecular formula is C17H22O8. The van der Waals surface area contributed by atoms with Gasteiger partial charge in [-0.2, -0.15) is 0 Å². The normalized spacial score (nSPS) is 44.0. The standard InChI is InChI=1S/C17H22O8/c1-16-6-17(2)9(7(12(18)22-3)10(16)14(20)23-4)8(13(19)25-17)11(16)15(21)24-5/h7-11H,6H2,1-5H3. The molecule has 25 heavy (non-hydrogen) atoms. The first-order valence-electron chi connectivity index (χ1n) is 8.12. The van der Waals surface area contributed by atoms with E-state index in [4.69, 9.17) is 18.9 Å². The van der Waals surface area contributed by atoms with Crippen LogP contribution in [-0.4, -0.2) is 50.8 Å². The molecule has 4 rings (SSSR count). The molecule has 3 aliphatic carbocycles. The second-order valence-corrected chi connectivity index (χ2v) is 7.52. The van der Waals surface area contributed by atoms with Crippen molar-refractivity contribution in [2.24, 2.45) is 35.0 Å². The maximum absolute atomic E-state index is 12.6. The van der Waals surface area contributed by atoms with Crippen LogP contribution >= 0.6 is 0 Å². The van der Waals surface area contributed by atoms with E-state index in [1.54, 1.807) is 13.8 Å². The van der Waals surface area contributed by atoms with E-state index in [0.717, 1.165) is 0 Å². The number of hydrogen-bond donors (Lipinski definition) is 0. The second kappa shape index (κ2) is 5.44. The minimum Gasteiger partial charge on any atom is -0.469 e. The van der Waals surface area contributed by atoms with Crippen molar-refractivity contribution in [2.45, 2.75) is 25.9 Å². The summed E-state index contributed by atoms with van der Waals surface area (Å²) in [4.78, 5) is 50.1. The molecular weight excluding hydrogens is 332 g/mol. The summed E-state index contributed by atoms with van der Waals surface area (Å²) in [5, 5.41) is 0. The first-order valence-corrected chi connectivity index (χ1v) is 8.12. The van der Waals surface area contributed by atoms with Crippen LogP contribution in [-0.2, 0) is 38.1 Å². The van der Waals surface area contributed by atoms with Crippen molar-refractivity contribution < 1.29 is 38.1 Å². The average Bonchev–Trinajstić information content (AvgIpc) is 2.77. The fraction of sp³-hybridized carbons (Fsp3) is 0.765. The number of fused-ring (bicyclic) bond motifs is 1. The molecule has 1 aliphatic heterocycles. The van der Waals surface area contributed by atoms with Gasteiger partial charge in [0.1, 0.15) is 5.60 Å². The lowest BCUT2D eigenvalue weighted by atomic mass is 9.40. The van der Waals surface area contributed by atoms with Crippen LogP contribution in [0.1, 0.15) is 20.3 Å². The zero-order valence-electron chi connectivity index (χ0n) is 14.9. The fourth-order valence-corrected chi connectivity index (χ4v) is 5.69. The number of carbonyl (C=O) groups excluding carboxylic acids is 4. The average molecular weight is 354 g/mol. The molecule has 8 nitrogen and oxygen atoms in total. The Balaban J connectivity index is 2.23. The summed E-state index contributed by atoms with van der Waals surface area (Å²) >= 11 is 0. The molecule has 3 saturated carbocycles. The van der Waals surface area contributed by atoms with Gasteiger partial charge in [0.05, 0.1) is 45.0 Å². The van der Waals surface area contributed by atoms with Crippen molar-refractivity contribution in [2.75, 3.05) is 21.3 Å². The van der Waals surface area contributed by atoms with Crippen molar-refractivity contribution in [1.82, 2.24) is 0 Å². The van der Waals surface area contributed by atoms with Gasteiger partial charge in [0.2, 0.25) is 0 Å². The van der Waals surface area contributed by atoms with E-state index in [1.807, 2.05) is 0 Å². The van der Waals surface area contributed by atoms with E-state index in [-0.39, 0.29) is 6.42 Å². The summed E-state index contributed by atoms with van der Waals surface area (Å²) < 4.78 is 20.3. The minimum atomic E-state index is -1.03. The monoisotopic (exact) mass is 354 g/mol. The van der Waals surface area contributed by atoms with Gasteiger partial charge in [-0.1, -0.05) is 6.92 Å². The van der Waals surface area contributed by atoms with Gasteiger partial charge in [-0.15, -0.1) is 0 Å². The highest BCUT2D eigenvalue weighted by atomic mass is 16.6. The Morgan fingerprint density at radius 1 is 0.960 bits per heavy atom. The quantitative estimate of drug-likeness (QED) is 0.527. The molecule has 0 aromatic heterocycles. The molecule has 0 aromatic carbocycles. The molecule has 4 fully saturated rings. The zero-order valence-corrected chi connectivity index (χ0v) is 14.9. The minimum absolute atomic E-state index is 0.264. The largest absolute Gasteiger partial charge is 0.469 e. The van der Waals surface area contributed by atoms with Gasteiger partial charge >= 0.3 is 23.9 Å². The Morgan fingerprint density at radius 3 is 2.00 bits per heavy atom. The third-order valence-corrected chi connectivity index (χ3v) is 6.34. The van der Waals surface area contributed by atoms with Gasteiger partial charge in [-0.3, -0.25) is 19.2 Å². The van der Waals surface area contributed by atoms with Gasteiger partial charge in [0, 0.05) is 5.92 Å². The highest BCUT2D eigenvalue weighted by molar-refractivity contribution is 5.92. The second-order valence-electron chi connectivity index (χ2n) is 7.52. The fourth-order valence-electron chi connectivity index (χ4n) is 5.69. The van der Waals surface area contributed by atoms with Crippen LogP contribution in [0, 0.1) is 35.0 Å². The van der Waals surface area contributed by atoms with Gasteiger partial charge in [-0.25, -0.2) is 0 Å². The predicted molar refractivity (Wildman–Crippen MR) is 80.7 cm³/mol. The van der Waals surface area contributed by atoms with E-state index >= 15 is 0 Å². The predicted octanol–water partition coefficient (Wildman–Crippen LogP) is 0.326. The number of rotatable bonds is 3. The molecule has 138 valence electrons. The van der Waals surface area contributed by atoms with E-state index in [9.17, 15) is 19.2 Å². The van der Waals surface area contributed by atoms with Gasteiger partial charge < -0.3 is 18.9 Å². The van der Waals surface area contributed by atoms with Crippen molar-refractivity contribution >= 4 is 23.9 Å². The van der Waals surface area contributed by atoms with Crippen LogP contribution in [0.3, 0.4) is 0 Å². The van der Waals surface area contributed by atoms with Crippen molar-refractivity contribution in [3.63, 3.8) is 0 Å². The molecule has 0 amide bonds. The molecule has 0 aromatic rings. The van der Waals surface area contributed by atoms with Gasteiger partial charge in [0.15, 0.2) is 0 Å². The third kappa shape index (κ3) is 2.05. The Kier molecular flexibility index (Phi) is 3.85. The van der Waals surface area contributed by atoms with E-state index in [0.29, 0.717) is 0 Å². The summed E-state index contributed by atoms with van der Waals surface area (Å²) in [5.74, 6) is -6.55. The summed E-state index contributed by atoms with van der Waals surface area (Å²) in [6, 6.07) is 0. The lowest BCUT2D eigenvalue weighted by Crippen LogP contribution is -2.68. The van der Waals surface area contributed by atoms with Gasteiger partial charge in [0.25, 0.3) is 0 Å². The summed E-state index contributed by atoms with van der Waals surface area (Å²) in [7, 11) is 3.69. The first-order chi connectivity index (χ1) is 11.7. The molecule has 1 heterocycles. The smallest absolute Gasteiger partial charge is 0.310 e. The highest BCUT2D eigenvalue weighted by Crippen LogP contribution is 2.69. The highest BCUT2D eigenvalue weighted by Gasteiger charge is 2.78. The molecule has 8 heteroatoms. The van der Waals surface area contributed by atoms with Crippen LogP contribution in [0.5, 0.6) is 0 Å². The Hall–Kier alpha value is -2.12. The van der Waals surface area contributed by atoms with Crippen molar-refractivity contribution in [3.05, 3.63) is 0 Å². The molecule has 0 N–H and O–H groups in total. The van der Waals surface area contributed by atoms with Crippen LogP contribution in [0.25, 0.3) is 0 Å². The lowest BCUT2D eigenvalue weighted by Gasteiger charge is -2.59. The molecule has 4 aliphatic rings. The molecule has 0 radical (unpaired) electrons. The maximum Gasteiger partial charge on any atom is 0.310 e. The molecule has 7 unspecified atom stereocenters. The zero-order chi connectivity index (χ0) is 18.7. The number of carbonyl (C=O) groups is 4. The van der Waals surface area contributed by atoms with Gasteiger partial charge in [-0.05, 0) is 18.8 Å². The van der Waals surface area contributed by atoms with E-state index in [2.05, 4.69) is 0 Å². The number of hydrogen-bond acceptors (Lipinski definition) is 8. The maximum atomic E-state index is 12.6. The Labute approximate surface area is 145 Å². The van der Waals surface area contributed by atoms with E-state index in [1.165, 1.54) is 21.3 Å². The number of esters is 4. The van der Waals surface area contributed by atoms with Crippen molar-refractivity contribution in [1.29, 1.82) is 0 Å². The SMILES string of the molecule is COC(=O)C1C2C3C(=O)OC2(C)CC(C)(C1C(=O)OC)C3C(=O)OC. The molecule has 7 atom stereocenters. The Morgan fingerprint density at radius 2 is 1.48 bits per heavy atom. The number of ether oxygens (including phenoxy) is 4. The lowest BCUT2D eigenvalue weighted by molar-refractivity contribution is -0.216. The summed E-state index contributed by atoms with van der Waals surface area (Å²) in [6.07, 6.45) is 0.264. The Bertz CT molecular complexity index is 655.